The van der Waals surface area contributed by atoms with Gasteiger partial charge in [0.2, 0.25) is 0 Å². The molecule has 1 heterocycles. The predicted molar refractivity (Wildman–Crippen MR) is 128 cm³/mol. The molecule has 1 aromatic heterocycles. The number of esters is 1. The average Bonchev–Trinajstić information content (AvgIpc) is 3.09. The molecule has 3 rings (SSSR count). The van der Waals surface area contributed by atoms with Crippen LogP contribution in [0.1, 0.15) is 42.0 Å². The number of rotatable bonds is 8. The van der Waals surface area contributed by atoms with E-state index >= 15 is 0 Å². The molecular formula is C25H29NO3SSe. The molecule has 0 amide bonds. The Morgan fingerprint density at radius 1 is 1.10 bits per heavy atom. The van der Waals surface area contributed by atoms with Gasteiger partial charge in [-0.3, -0.25) is 0 Å². The van der Waals surface area contributed by atoms with Gasteiger partial charge in [-0.1, -0.05) is 0 Å². The molecule has 0 radical (unpaired) electrons. The van der Waals surface area contributed by atoms with Crippen molar-refractivity contribution in [3.8, 4) is 15.9 Å². The molecule has 0 aliphatic heterocycles. The Morgan fingerprint density at radius 3 is 2.45 bits per heavy atom. The Kier molecular flexibility index (Phi) is 7.68. The van der Waals surface area contributed by atoms with E-state index in [0.717, 1.165) is 17.0 Å². The van der Waals surface area contributed by atoms with Gasteiger partial charge in [0.15, 0.2) is 0 Å². The van der Waals surface area contributed by atoms with E-state index in [4.69, 9.17) is 14.5 Å². The predicted octanol–water partition coefficient (Wildman–Crippen LogP) is 5.74. The molecule has 4 nitrogen and oxygen atoms in total. The standard InChI is InChI=1S/C25H29NO3SSe/c1-7-28-24(27)25(5,6)29-21-13-12-20(14-17(21)3)30-15-22-18(4)26-23(31-22)19-10-8-16(2)9-11-19/h8-14H,7,15H2,1-6H3. The molecule has 31 heavy (non-hydrogen) atoms. The van der Waals surface area contributed by atoms with Crippen LogP contribution in [0.3, 0.4) is 0 Å². The van der Waals surface area contributed by atoms with Crippen LogP contribution in [0.15, 0.2) is 47.4 Å². The minimum absolute atomic E-state index is 0.258. The molecule has 0 saturated carbocycles. The van der Waals surface area contributed by atoms with Gasteiger partial charge in [-0.05, 0) is 6.92 Å². The SMILES string of the molecule is CCOC(=O)C(C)(C)Oc1ccc(SCc2[se]c(-c3ccc(C)cc3)nc2C)cc1C. The first kappa shape index (κ1) is 23.6. The van der Waals surface area contributed by atoms with Crippen molar-refractivity contribution < 1.29 is 14.3 Å². The monoisotopic (exact) mass is 503 g/mol. The van der Waals surface area contributed by atoms with E-state index in [0.29, 0.717) is 12.4 Å². The zero-order valence-electron chi connectivity index (χ0n) is 18.9. The molecule has 0 aliphatic rings. The van der Waals surface area contributed by atoms with E-state index in [2.05, 4.69) is 44.2 Å². The number of benzene rings is 2. The van der Waals surface area contributed by atoms with E-state index in [-0.39, 0.29) is 20.5 Å². The van der Waals surface area contributed by atoms with Crippen molar-refractivity contribution in [1.82, 2.24) is 4.98 Å². The number of nitrogens with zero attached hydrogens (tertiary/aromatic N) is 1. The molecule has 164 valence electrons. The van der Waals surface area contributed by atoms with Crippen molar-refractivity contribution in [2.45, 2.75) is 57.8 Å². The van der Waals surface area contributed by atoms with Crippen LogP contribution in [0.2, 0.25) is 0 Å². The quantitative estimate of drug-likeness (QED) is 0.223. The van der Waals surface area contributed by atoms with Crippen LogP contribution in [-0.2, 0) is 15.3 Å². The summed E-state index contributed by atoms with van der Waals surface area (Å²) >= 11 is 2.07. The molecule has 0 spiro atoms. The number of carbonyl (C=O) groups is 1. The van der Waals surface area contributed by atoms with Crippen LogP contribution in [0.5, 0.6) is 5.75 Å². The first-order valence-corrected chi connectivity index (χ1v) is 13.0. The van der Waals surface area contributed by atoms with Crippen molar-refractivity contribution in [1.29, 1.82) is 0 Å². The van der Waals surface area contributed by atoms with Crippen LogP contribution in [0, 0.1) is 20.8 Å². The van der Waals surface area contributed by atoms with Crippen LogP contribution in [0.4, 0.5) is 0 Å². The second kappa shape index (κ2) is 10.1. The van der Waals surface area contributed by atoms with Gasteiger partial charge in [0.05, 0.1) is 0 Å². The Bertz CT molecular complexity index is 1060. The van der Waals surface area contributed by atoms with Crippen molar-refractivity contribution in [2.75, 3.05) is 6.61 Å². The second-order valence-corrected chi connectivity index (χ2v) is 11.3. The van der Waals surface area contributed by atoms with Crippen LogP contribution >= 0.6 is 11.8 Å². The summed E-state index contributed by atoms with van der Waals surface area (Å²) < 4.78 is 13.7. The van der Waals surface area contributed by atoms with Gasteiger partial charge in [0.25, 0.3) is 0 Å². The van der Waals surface area contributed by atoms with E-state index < -0.39 is 5.60 Å². The van der Waals surface area contributed by atoms with Crippen LogP contribution in [-0.4, -0.2) is 37.7 Å². The first-order chi connectivity index (χ1) is 14.7. The van der Waals surface area contributed by atoms with Gasteiger partial charge >= 0.3 is 189 Å². The first-order valence-electron chi connectivity index (χ1n) is 10.3. The molecule has 2 aromatic carbocycles. The molecule has 0 atom stereocenters. The number of carbonyl (C=O) groups excluding carboxylic acids is 1. The van der Waals surface area contributed by atoms with Gasteiger partial charge in [-0.2, -0.15) is 0 Å². The summed E-state index contributed by atoms with van der Waals surface area (Å²) in [5.41, 5.74) is 3.63. The van der Waals surface area contributed by atoms with E-state index in [1.165, 1.54) is 25.0 Å². The van der Waals surface area contributed by atoms with Gasteiger partial charge in [0, 0.05) is 0 Å². The van der Waals surface area contributed by atoms with E-state index in [1.807, 2.05) is 30.8 Å². The third-order valence-electron chi connectivity index (χ3n) is 4.84. The molecule has 0 fully saturated rings. The van der Waals surface area contributed by atoms with Gasteiger partial charge in [-0.25, -0.2) is 0 Å². The summed E-state index contributed by atoms with van der Waals surface area (Å²) in [6.07, 6.45) is 0. The number of hydrogen-bond acceptors (Lipinski definition) is 5. The number of hydrogen-bond donors (Lipinski definition) is 0. The maximum absolute atomic E-state index is 12.1. The van der Waals surface area contributed by atoms with Crippen molar-refractivity contribution >= 4 is 32.2 Å². The number of aryl methyl sites for hydroxylation is 3. The number of thioether (sulfide) groups is 1. The van der Waals surface area contributed by atoms with Crippen LogP contribution in [0.25, 0.3) is 10.1 Å². The molecule has 6 heteroatoms. The fraction of sp³-hybridized carbons (Fsp3) is 0.360. The maximum atomic E-state index is 12.1. The topological polar surface area (TPSA) is 48.4 Å². The zero-order valence-corrected chi connectivity index (χ0v) is 21.5. The van der Waals surface area contributed by atoms with E-state index in [1.54, 1.807) is 20.8 Å². The fourth-order valence-electron chi connectivity index (χ4n) is 2.98. The summed E-state index contributed by atoms with van der Waals surface area (Å²) in [7, 11) is 0. The van der Waals surface area contributed by atoms with Gasteiger partial charge in [-0.15, -0.1) is 0 Å². The Balaban J connectivity index is 1.67. The van der Waals surface area contributed by atoms with Gasteiger partial charge < -0.3 is 0 Å². The summed E-state index contributed by atoms with van der Waals surface area (Å²) in [6.45, 7) is 11.8. The molecule has 0 N–H and O–H groups in total. The van der Waals surface area contributed by atoms with Crippen molar-refractivity contribution in [3.05, 3.63) is 63.7 Å². The summed E-state index contributed by atoms with van der Waals surface area (Å²) in [6, 6.07) is 14.7. The summed E-state index contributed by atoms with van der Waals surface area (Å²) in [5, 5.41) is 0. The van der Waals surface area contributed by atoms with Crippen LogP contribution < -0.4 is 4.74 Å². The zero-order chi connectivity index (χ0) is 22.6. The Morgan fingerprint density at radius 2 is 1.81 bits per heavy atom. The molecule has 0 saturated heterocycles. The number of aromatic nitrogens is 1. The normalized spacial score (nSPS) is 11.4. The average molecular weight is 503 g/mol. The molecule has 3 aromatic rings. The van der Waals surface area contributed by atoms with Gasteiger partial charge in [0.1, 0.15) is 0 Å². The molecule has 0 aliphatic carbocycles. The minimum atomic E-state index is -1.02. The van der Waals surface area contributed by atoms with Crippen molar-refractivity contribution in [3.63, 3.8) is 0 Å². The Hall–Kier alpha value is -2.01. The fourth-order valence-corrected chi connectivity index (χ4v) is 6.52. The molecule has 0 unspecified atom stereocenters. The number of ether oxygens (including phenoxy) is 2. The summed E-state index contributed by atoms with van der Waals surface area (Å²) in [4.78, 5) is 18.1. The second-order valence-electron chi connectivity index (χ2n) is 7.94. The third-order valence-corrected chi connectivity index (χ3v) is 8.80. The summed E-state index contributed by atoms with van der Waals surface area (Å²) in [5.74, 6) is 1.27. The third kappa shape index (κ3) is 6.03. The molecule has 0 bridgehead atoms. The Labute approximate surface area is 195 Å². The van der Waals surface area contributed by atoms with Crippen molar-refractivity contribution in [2.24, 2.45) is 0 Å². The van der Waals surface area contributed by atoms with E-state index in [9.17, 15) is 4.79 Å². The molecular weight excluding hydrogens is 473 g/mol.